The number of carboxylic acids is 1. The van der Waals surface area contributed by atoms with E-state index >= 15 is 0 Å². The molecule has 4 nitrogen and oxygen atoms in total. The van der Waals surface area contributed by atoms with Gasteiger partial charge in [-0.05, 0) is 46.5 Å². The highest BCUT2D eigenvalue weighted by molar-refractivity contribution is 9.10. The molecule has 1 rings (SSSR count). The molecule has 0 spiro atoms. The average Bonchev–Trinajstić information content (AvgIpc) is 2.34. The molecule has 5 heteroatoms. The molecule has 100 valence electrons. The zero-order valence-electron chi connectivity index (χ0n) is 10.2. The lowest BCUT2D eigenvalue weighted by atomic mass is 10.0. The Morgan fingerprint density at radius 3 is 2.78 bits per heavy atom. The minimum atomic E-state index is -0.906. The monoisotopic (exact) mass is 316 g/mol. The van der Waals surface area contributed by atoms with Crippen molar-refractivity contribution >= 4 is 21.9 Å². The van der Waals surface area contributed by atoms with E-state index in [1.54, 1.807) is 18.2 Å². The van der Waals surface area contributed by atoms with Crippen LogP contribution in [-0.2, 0) is 4.79 Å². The molecular weight excluding hydrogens is 300 g/mol. The van der Waals surface area contributed by atoms with E-state index in [2.05, 4.69) is 15.9 Å². The predicted octanol–water partition coefficient (Wildman–Crippen LogP) is 3.14. The topological polar surface area (TPSA) is 66.8 Å². The van der Waals surface area contributed by atoms with Gasteiger partial charge in [-0.15, -0.1) is 0 Å². The van der Waals surface area contributed by atoms with Gasteiger partial charge in [0.2, 0.25) is 0 Å². The van der Waals surface area contributed by atoms with Crippen LogP contribution in [0.3, 0.4) is 0 Å². The highest BCUT2D eigenvalue weighted by Gasteiger charge is 2.12. The van der Waals surface area contributed by atoms with E-state index in [-0.39, 0.29) is 12.8 Å². The Balaban J connectivity index is 2.67. The molecule has 0 saturated carbocycles. The van der Waals surface area contributed by atoms with Crippen LogP contribution in [0.5, 0.6) is 5.75 Å². The third-order valence-corrected chi connectivity index (χ3v) is 3.05. The van der Waals surface area contributed by atoms with Crippen molar-refractivity contribution in [3.63, 3.8) is 0 Å². The van der Waals surface area contributed by atoms with Crippen LogP contribution in [0, 0.1) is 0 Å². The minimum Gasteiger partial charge on any atom is -0.492 e. The fraction of sp³-hybridized carbons (Fsp3) is 0.462. The van der Waals surface area contributed by atoms with E-state index < -0.39 is 12.1 Å². The Labute approximate surface area is 115 Å². The van der Waals surface area contributed by atoms with Crippen molar-refractivity contribution in [1.29, 1.82) is 0 Å². The number of hydrogen-bond acceptors (Lipinski definition) is 3. The van der Waals surface area contributed by atoms with Crippen molar-refractivity contribution < 1.29 is 19.7 Å². The van der Waals surface area contributed by atoms with Gasteiger partial charge in [-0.3, -0.25) is 4.79 Å². The number of aliphatic hydroxyl groups excluding tert-OH is 1. The number of halogens is 1. The molecule has 0 saturated heterocycles. The van der Waals surface area contributed by atoms with Crippen molar-refractivity contribution in [2.24, 2.45) is 0 Å². The molecule has 0 bridgehead atoms. The van der Waals surface area contributed by atoms with Gasteiger partial charge in [-0.2, -0.15) is 0 Å². The zero-order valence-corrected chi connectivity index (χ0v) is 11.8. The molecule has 0 aliphatic carbocycles. The van der Waals surface area contributed by atoms with Gasteiger partial charge in [0.05, 0.1) is 17.2 Å². The molecule has 1 aromatic rings. The van der Waals surface area contributed by atoms with Crippen LogP contribution < -0.4 is 4.74 Å². The molecule has 0 aromatic heterocycles. The van der Waals surface area contributed by atoms with Crippen LogP contribution >= 0.6 is 15.9 Å². The lowest BCUT2D eigenvalue weighted by Gasteiger charge is -2.12. The summed E-state index contributed by atoms with van der Waals surface area (Å²) in [7, 11) is 0. The molecule has 0 fully saturated rings. The average molecular weight is 317 g/mol. The Bertz CT molecular complexity index is 406. The molecule has 1 unspecified atom stereocenters. The van der Waals surface area contributed by atoms with Gasteiger partial charge in [0.1, 0.15) is 5.75 Å². The quantitative estimate of drug-likeness (QED) is 0.811. The summed E-state index contributed by atoms with van der Waals surface area (Å²) < 4.78 is 6.26. The highest BCUT2D eigenvalue weighted by atomic mass is 79.9. The smallest absolute Gasteiger partial charge is 0.303 e. The van der Waals surface area contributed by atoms with E-state index in [0.29, 0.717) is 12.2 Å². The van der Waals surface area contributed by atoms with Crippen LogP contribution in [-0.4, -0.2) is 22.8 Å². The lowest BCUT2D eigenvalue weighted by molar-refractivity contribution is -0.137. The summed E-state index contributed by atoms with van der Waals surface area (Å²) in [6, 6.07) is 5.29. The van der Waals surface area contributed by atoms with Gasteiger partial charge < -0.3 is 14.9 Å². The number of aliphatic hydroxyl groups is 1. The number of ether oxygens (including phenoxy) is 1. The molecule has 2 N–H and O–H groups in total. The number of carboxylic acid groups (broad SMARTS) is 1. The molecule has 0 aliphatic rings. The summed E-state index contributed by atoms with van der Waals surface area (Å²) >= 11 is 3.37. The van der Waals surface area contributed by atoms with Crippen LogP contribution in [0.15, 0.2) is 22.7 Å². The van der Waals surface area contributed by atoms with Crippen molar-refractivity contribution in [2.45, 2.75) is 32.3 Å². The Hall–Kier alpha value is -1.07. The zero-order chi connectivity index (χ0) is 13.5. The van der Waals surface area contributed by atoms with Crippen LogP contribution in [0.25, 0.3) is 0 Å². The molecule has 1 atom stereocenters. The largest absolute Gasteiger partial charge is 0.492 e. The lowest BCUT2D eigenvalue weighted by Crippen LogP contribution is -2.03. The molecular formula is C13H17BrO4. The SMILES string of the molecule is CCCOc1ccc(C(O)CCC(=O)O)cc1Br. The second-order valence-electron chi connectivity index (χ2n) is 3.99. The standard InChI is InChI=1S/C13H17BrO4/c1-2-7-18-12-5-3-9(8-10(12)14)11(15)4-6-13(16)17/h3,5,8,11,15H,2,4,6-7H2,1H3,(H,16,17). The van der Waals surface area contributed by atoms with Crippen molar-refractivity contribution in [3.8, 4) is 5.75 Å². The van der Waals surface area contributed by atoms with E-state index in [1.165, 1.54) is 0 Å². The first-order valence-corrected chi connectivity index (χ1v) is 6.66. The number of carbonyl (C=O) groups is 1. The number of rotatable bonds is 7. The van der Waals surface area contributed by atoms with Crippen molar-refractivity contribution in [1.82, 2.24) is 0 Å². The van der Waals surface area contributed by atoms with Crippen LogP contribution in [0.1, 0.15) is 37.9 Å². The Morgan fingerprint density at radius 2 is 2.22 bits per heavy atom. The van der Waals surface area contributed by atoms with Gasteiger partial charge in [0.25, 0.3) is 0 Å². The predicted molar refractivity (Wildman–Crippen MR) is 71.8 cm³/mol. The normalized spacial score (nSPS) is 12.2. The maximum atomic E-state index is 10.4. The third-order valence-electron chi connectivity index (χ3n) is 2.43. The fourth-order valence-corrected chi connectivity index (χ4v) is 1.99. The first-order valence-electron chi connectivity index (χ1n) is 5.86. The molecule has 1 aromatic carbocycles. The van der Waals surface area contributed by atoms with Crippen molar-refractivity contribution in [3.05, 3.63) is 28.2 Å². The van der Waals surface area contributed by atoms with Gasteiger partial charge in [-0.25, -0.2) is 0 Å². The second kappa shape index (κ2) is 7.38. The highest BCUT2D eigenvalue weighted by Crippen LogP contribution is 2.29. The number of aliphatic carboxylic acids is 1. The summed E-state index contributed by atoms with van der Waals surface area (Å²) in [5.74, 6) is -0.179. The summed E-state index contributed by atoms with van der Waals surface area (Å²) in [6.45, 7) is 2.66. The van der Waals surface area contributed by atoms with Crippen molar-refractivity contribution in [2.75, 3.05) is 6.61 Å². The Kier molecular flexibility index (Phi) is 6.15. The summed E-state index contributed by atoms with van der Waals surface area (Å²) in [5, 5.41) is 18.4. The van der Waals surface area contributed by atoms with E-state index in [0.717, 1.165) is 16.6 Å². The van der Waals surface area contributed by atoms with Gasteiger partial charge in [0, 0.05) is 6.42 Å². The first-order chi connectivity index (χ1) is 8.54. The number of hydrogen-bond donors (Lipinski definition) is 2. The third kappa shape index (κ3) is 4.66. The van der Waals surface area contributed by atoms with Gasteiger partial charge >= 0.3 is 5.97 Å². The summed E-state index contributed by atoms with van der Waals surface area (Å²) in [5.41, 5.74) is 0.687. The molecule has 0 aliphatic heterocycles. The minimum absolute atomic E-state index is 0.0487. The van der Waals surface area contributed by atoms with E-state index in [4.69, 9.17) is 9.84 Å². The van der Waals surface area contributed by atoms with E-state index in [9.17, 15) is 9.90 Å². The maximum Gasteiger partial charge on any atom is 0.303 e. The van der Waals surface area contributed by atoms with E-state index in [1.807, 2.05) is 6.92 Å². The molecule has 18 heavy (non-hydrogen) atoms. The van der Waals surface area contributed by atoms with Gasteiger partial charge in [0.15, 0.2) is 0 Å². The Morgan fingerprint density at radius 1 is 1.50 bits per heavy atom. The maximum absolute atomic E-state index is 10.4. The summed E-state index contributed by atoms with van der Waals surface area (Å²) in [4.78, 5) is 10.4. The molecule has 0 amide bonds. The molecule has 0 heterocycles. The molecule has 0 radical (unpaired) electrons. The van der Waals surface area contributed by atoms with Crippen LogP contribution in [0.2, 0.25) is 0 Å². The van der Waals surface area contributed by atoms with Crippen LogP contribution in [0.4, 0.5) is 0 Å². The number of benzene rings is 1. The summed E-state index contributed by atoms with van der Waals surface area (Å²) in [6.07, 6.45) is 0.316. The second-order valence-corrected chi connectivity index (χ2v) is 4.84. The fourth-order valence-electron chi connectivity index (χ4n) is 1.48. The first kappa shape index (κ1) is 15.0. The van der Waals surface area contributed by atoms with Gasteiger partial charge in [-0.1, -0.05) is 13.0 Å².